The topological polar surface area (TPSA) is 107 Å². The second-order valence-electron chi connectivity index (χ2n) is 5.56. The second kappa shape index (κ2) is 7.46. The van der Waals surface area contributed by atoms with Gasteiger partial charge in [-0.25, -0.2) is 4.68 Å². The van der Waals surface area contributed by atoms with E-state index in [0.717, 1.165) is 12.8 Å². The number of carbonyl (C=O) groups is 2. The monoisotopic (exact) mass is 349 g/mol. The molecule has 0 bridgehead atoms. The summed E-state index contributed by atoms with van der Waals surface area (Å²) < 4.78 is 1.41. The summed E-state index contributed by atoms with van der Waals surface area (Å²) >= 11 is 0. The molecule has 2 aromatic rings. The third-order valence-electron chi connectivity index (χ3n) is 4.09. The number of aromatic nitrogens is 2. The summed E-state index contributed by atoms with van der Waals surface area (Å²) in [5.41, 5.74) is 12.2. The lowest BCUT2D eigenvalue weighted by atomic mass is 10.2. The number of nitrogens with zero attached hydrogens (tertiary/aromatic N) is 3. The van der Waals surface area contributed by atoms with Crippen LogP contribution in [0.1, 0.15) is 33.8 Å². The molecule has 3 rings (SSSR count). The number of hydrogen-bond acceptors (Lipinski definition) is 4. The first-order valence-corrected chi connectivity index (χ1v) is 7.58. The molecular weight excluding hydrogens is 330 g/mol. The van der Waals surface area contributed by atoms with Gasteiger partial charge in [0.2, 0.25) is 0 Å². The highest BCUT2D eigenvalue weighted by Gasteiger charge is 2.30. The molecule has 1 atom stereocenters. The number of primary amides is 1. The number of amides is 2. The van der Waals surface area contributed by atoms with Gasteiger partial charge in [0.25, 0.3) is 11.8 Å². The Morgan fingerprint density at radius 1 is 1.25 bits per heavy atom. The molecule has 4 N–H and O–H groups in total. The van der Waals surface area contributed by atoms with Gasteiger partial charge in [0, 0.05) is 25.2 Å². The average molecular weight is 350 g/mol. The van der Waals surface area contributed by atoms with E-state index in [0.29, 0.717) is 18.8 Å². The van der Waals surface area contributed by atoms with E-state index in [1.54, 1.807) is 17.0 Å². The fourth-order valence-electron chi connectivity index (χ4n) is 2.92. The standard InChI is InChI=1S/C16H19N5O2.ClH/c17-10-12-7-4-8-20(12)16(23)13-9-14(15(18)22)21(19-13)11-5-2-1-3-6-11;/h1-3,5-6,9,12H,4,7-8,10,17H2,(H2,18,22);1H. The molecule has 0 aliphatic carbocycles. The first kappa shape index (κ1) is 18.0. The van der Waals surface area contributed by atoms with Gasteiger partial charge < -0.3 is 16.4 Å². The lowest BCUT2D eigenvalue weighted by Gasteiger charge is -2.22. The normalized spacial score (nSPS) is 16.7. The van der Waals surface area contributed by atoms with E-state index in [2.05, 4.69) is 5.10 Å². The number of rotatable bonds is 4. The van der Waals surface area contributed by atoms with Gasteiger partial charge in [-0.05, 0) is 25.0 Å². The summed E-state index contributed by atoms with van der Waals surface area (Å²) in [4.78, 5) is 26.1. The predicted octanol–water partition coefficient (Wildman–Crippen LogP) is 0.956. The van der Waals surface area contributed by atoms with Crippen molar-refractivity contribution in [1.29, 1.82) is 0 Å². The molecule has 1 fully saturated rings. The van der Waals surface area contributed by atoms with Gasteiger partial charge in [-0.3, -0.25) is 9.59 Å². The summed E-state index contributed by atoms with van der Waals surface area (Å²) in [6.45, 7) is 1.08. The zero-order valence-corrected chi connectivity index (χ0v) is 13.9. The Kier molecular flexibility index (Phi) is 5.58. The van der Waals surface area contributed by atoms with Crippen molar-refractivity contribution in [3.05, 3.63) is 47.8 Å². The first-order chi connectivity index (χ1) is 11.1. The zero-order chi connectivity index (χ0) is 16.4. The molecule has 1 saturated heterocycles. The molecule has 7 nitrogen and oxygen atoms in total. The van der Waals surface area contributed by atoms with Crippen molar-refractivity contribution >= 4 is 24.2 Å². The van der Waals surface area contributed by atoms with Crippen molar-refractivity contribution in [1.82, 2.24) is 14.7 Å². The van der Waals surface area contributed by atoms with Crippen molar-refractivity contribution in [2.24, 2.45) is 11.5 Å². The molecule has 2 amide bonds. The van der Waals surface area contributed by atoms with Crippen LogP contribution in [0.15, 0.2) is 36.4 Å². The molecule has 128 valence electrons. The number of halogens is 1. The molecule has 0 radical (unpaired) electrons. The highest BCUT2D eigenvalue weighted by molar-refractivity contribution is 5.98. The summed E-state index contributed by atoms with van der Waals surface area (Å²) in [5.74, 6) is -0.840. The number of hydrogen-bond donors (Lipinski definition) is 2. The molecule has 0 saturated carbocycles. The lowest BCUT2D eigenvalue weighted by Crippen LogP contribution is -2.40. The molecule has 2 heterocycles. The van der Waals surface area contributed by atoms with Crippen molar-refractivity contribution in [3.63, 3.8) is 0 Å². The largest absolute Gasteiger partial charge is 0.364 e. The van der Waals surface area contributed by atoms with Crippen LogP contribution in [0.4, 0.5) is 0 Å². The Morgan fingerprint density at radius 2 is 1.96 bits per heavy atom. The molecule has 1 aromatic carbocycles. The summed E-state index contributed by atoms with van der Waals surface area (Å²) in [7, 11) is 0. The Labute approximate surface area is 146 Å². The molecular formula is C16H20ClN5O2. The maximum atomic E-state index is 12.7. The van der Waals surface area contributed by atoms with Crippen LogP contribution >= 0.6 is 12.4 Å². The van der Waals surface area contributed by atoms with Crippen LogP contribution in [-0.4, -0.2) is 45.6 Å². The Morgan fingerprint density at radius 3 is 2.58 bits per heavy atom. The maximum Gasteiger partial charge on any atom is 0.274 e. The molecule has 8 heteroatoms. The Hall–Kier alpha value is -2.38. The highest BCUT2D eigenvalue weighted by Crippen LogP contribution is 2.20. The van der Waals surface area contributed by atoms with E-state index in [1.807, 2.05) is 18.2 Å². The fourth-order valence-corrected chi connectivity index (χ4v) is 2.92. The second-order valence-corrected chi connectivity index (χ2v) is 5.56. The molecule has 1 unspecified atom stereocenters. The minimum atomic E-state index is -0.628. The van der Waals surface area contributed by atoms with Gasteiger partial charge in [0.05, 0.1) is 5.69 Å². The number of benzene rings is 1. The minimum absolute atomic E-state index is 0. The van der Waals surface area contributed by atoms with Gasteiger partial charge in [-0.2, -0.15) is 5.10 Å². The minimum Gasteiger partial charge on any atom is -0.364 e. The third-order valence-corrected chi connectivity index (χ3v) is 4.09. The average Bonchev–Trinajstić information content (AvgIpc) is 3.22. The molecule has 1 aliphatic rings. The van der Waals surface area contributed by atoms with Crippen molar-refractivity contribution in [3.8, 4) is 5.69 Å². The van der Waals surface area contributed by atoms with Crippen LogP contribution in [0.3, 0.4) is 0 Å². The van der Waals surface area contributed by atoms with Gasteiger partial charge in [-0.15, -0.1) is 12.4 Å². The summed E-state index contributed by atoms with van der Waals surface area (Å²) in [5, 5.41) is 4.30. The van der Waals surface area contributed by atoms with Crippen LogP contribution in [0, 0.1) is 0 Å². The van der Waals surface area contributed by atoms with E-state index < -0.39 is 5.91 Å². The molecule has 0 spiro atoms. The summed E-state index contributed by atoms with van der Waals surface area (Å²) in [6.07, 6.45) is 1.82. The quantitative estimate of drug-likeness (QED) is 0.856. The zero-order valence-electron chi connectivity index (χ0n) is 13.1. The molecule has 24 heavy (non-hydrogen) atoms. The van der Waals surface area contributed by atoms with Gasteiger partial charge in [-0.1, -0.05) is 18.2 Å². The van der Waals surface area contributed by atoms with Gasteiger partial charge in [0.15, 0.2) is 5.69 Å². The molecule has 1 aliphatic heterocycles. The highest BCUT2D eigenvalue weighted by atomic mass is 35.5. The molecule has 1 aromatic heterocycles. The smallest absolute Gasteiger partial charge is 0.274 e. The van der Waals surface area contributed by atoms with Crippen molar-refractivity contribution in [2.45, 2.75) is 18.9 Å². The van der Waals surface area contributed by atoms with Crippen LogP contribution in [-0.2, 0) is 0 Å². The van der Waals surface area contributed by atoms with Gasteiger partial charge >= 0.3 is 0 Å². The van der Waals surface area contributed by atoms with Crippen molar-refractivity contribution in [2.75, 3.05) is 13.1 Å². The third kappa shape index (κ3) is 3.27. The van der Waals surface area contributed by atoms with E-state index >= 15 is 0 Å². The van der Waals surface area contributed by atoms with Gasteiger partial charge in [0.1, 0.15) is 5.69 Å². The Bertz CT molecular complexity index is 731. The SMILES string of the molecule is Cl.NCC1CCCN1C(=O)c1cc(C(N)=O)n(-c2ccccc2)n1. The maximum absolute atomic E-state index is 12.7. The fraction of sp³-hybridized carbons (Fsp3) is 0.312. The van der Waals surface area contributed by atoms with E-state index in [-0.39, 0.29) is 35.7 Å². The van der Waals surface area contributed by atoms with Crippen LogP contribution < -0.4 is 11.5 Å². The van der Waals surface area contributed by atoms with Crippen molar-refractivity contribution < 1.29 is 9.59 Å². The lowest BCUT2D eigenvalue weighted by molar-refractivity contribution is 0.0734. The number of likely N-dealkylation sites (tertiary alicyclic amines) is 1. The van der Waals surface area contributed by atoms with Crippen LogP contribution in [0.5, 0.6) is 0 Å². The Balaban J connectivity index is 0.00000208. The van der Waals surface area contributed by atoms with E-state index in [9.17, 15) is 9.59 Å². The van der Waals surface area contributed by atoms with E-state index in [1.165, 1.54) is 10.7 Å². The number of nitrogens with two attached hydrogens (primary N) is 2. The van der Waals surface area contributed by atoms with Crippen LogP contribution in [0.2, 0.25) is 0 Å². The predicted molar refractivity (Wildman–Crippen MR) is 92.4 cm³/mol. The first-order valence-electron chi connectivity index (χ1n) is 7.58. The van der Waals surface area contributed by atoms with E-state index in [4.69, 9.17) is 11.5 Å². The number of para-hydroxylation sites is 1. The van der Waals surface area contributed by atoms with Crippen LogP contribution in [0.25, 0.3) is 5.69 Å². The number of carbonyl (C=O) groups excluding carboxylic acids is 2. The summed E-state index contributed by atoms with van der Waals surface area (Å²) in [6, 6.07) is 10.6.